The number of nitrogens with zero attached hydrogens (tertiary/aromatic N) is 3. The van der Waals surface area contributed by atoms with Crippen molar-refractivity contribution in [2.75, 3.05) is 13.1 Å². The molecule has 1 aliphatic rings. The largest absolute Gasteiger partial charge is 0.345 e. The average molecular weight is 510 g/mol. The molecule has 1 saturated carbocycles. The molecule has 2 amide bonds. The number of hydrogen-bond acceptors (Lipinski definition) is 2. The molecule has 0 aliphatic heterocycles. The van der Waals surface area contributed by atoms with Gasteiger partial charge in [0.1, 0.15) is 12.4 Å². The molecule has 2 aromatic carbocycles. The highest BCUT2D eigenvalue weighted by Crippen LogP contribution is 2.25. The zero-order valence-electron chi connectivity index (χ0n) is 20.7. The lowest BCUT2D eigenvalue weighted by molar-refractivity contribution is -0.135. The molecular formula is C29H33ClFN3O2. The minimum atomic E-state index is -0.466. The molecule has 3 aromatic rings. The van der Waals surface area contributed by atoms with Gasteiger partial charge in [-0.25, -0.2) is 4.39 Å². The molecule has 0 atom stereocenters. The predicted molar refractivity (Wildman–Crippen MR) is 140 cm³/mol. The minimum absolute atomic E-state index is 0.0342. The van der Waals surface area contributed by atoms with Crippen LogP contribution in [0.3, 0.4) is 0 Å². The lowest BCUT2D eigenvalue weighted by Crippen LogP contribution is -2.47. The Morgan fingerprint density at radius 3 is 2.53 bits per heavy atom. The van der Waals surface area contributed by atoms with Crippen molar-refractivity contribution >= 4 is 23.4 Å². The van der Waals surface area contributed by atoms with Crippen LogP contribution in [-0.4, -0.2) is 45.3 Å². The van der Waals surface area contributed by atoms with Crippen molar-refractivity contribution in [1.82, 2.24) is 14.4 Å². The Kier molecular flexibility index (Phi) is 8.81. The first-order chi connectivity index (χ1) is 17.5. The third-order valence-corrected chi connectivity index (χ3v) is 7.33. The summed E-state index contributed by atoms with van der Waals surface area (Å²) in [6, 6.07) is 17.6. The lowest BCUT2D eigenvalue weighted by atomic mass is 9.94. The van der Waals surface area contributed by atoms with Gasteiger partial charge in [-0.05, 0) is 61.7 Å². The molecule has 1 heterocycles. The van der Waals surface area contributed by atoms with Gasteiger partial charge < -0.3 is 14.4 Å². The SMILES string of the molecule is CCN(CC(=O)N(Cc1cccn1Cc1ccccc1Cl)C1CCCCC1)C(=O)c1cccc(F)c1. The second-order valence-electron chi connectivity index (χ2n) is 9.36. The molecule has 4 rings (SSSR count). The van der Waals surface area contributed by atoms with E-state index >= 15 is 0 Å². The molecule has 0 spiro atoms. The number of aromatic nitrogens is 1. The number of halogens is 2. The molecule has 5 nitrogen and oxygen atoms in total. The van der Waals surface area contributed by atoms with Crippen LogP contribution < -0.4 is 0 Å². The summed E-state index contributed by atoms with van der Waals surface area (Å²) in [5.74, 6) is -0.888. The van der Waals surface area contributed by atoms with Gasteiger partial charge in [0.25, 0.3) is 5.91 Å². The number of benzene rings is 2. The normalized spacial score (nSPS) is 14.0. The van der Waals surface area contributed by atoms with Gasteiger partial charge in [-0.3, -0.25) is 9.59 Å². The zero-order valence-corrected chi connectivity index (χ0v) is 21.5. The Hall–Kier alpha value is -3.12. The van der Waals surface area contributed by atoms with E-state index in [0.29, 0.717) is 24.7 Å². The van der Waals surface area contributed by atoms with Crippen LogP contribution in [0.25, 0.3) is 0 Å². The first-order valence-electron chi connectivity index (χ1n) is 12.7. The highest BCUT2D eigenvalue weighted by molar-refractivity contribution is 6.31. The summed E-state index contributed by atoms with van der Waals surface area (Å²) in [7, 11) is 0. The Labute approximate surface area is 217 Å². The first kappa shape index (κ1) is 26.0. The molecular weight excluding hydrogens is 477 g/mol. The Morgan fingerprint density at radius 2 is 1.81 bits per heavy atom. The van der Waals surface area contributed by atoms with Crippen LogP contribution >= 0.6 is 11.6 Å². The van der Waals surface area contributed by atoms with Gasteiger partial charge in [-0.2, -0.15) is 0 Å². The maximum Gasteiger partial charge on any atom is 0.254 e. The van der Waals surface area contributed by atoms with Crippen LogP contribution in [0.4, 0.5) is 4.39 Å². The summed E-state index contributed by atoms with van der Waals surface area (Å²) in [6.45, 7) is 3.25. The van der Waals surface area contributed by atoms with Crippen molar-refractivity contribution < 1.29 is 14.0 Å². The van der Waals surface area contributed by atoms with E-state index < -0.39 is 5.82 Å². The third-order valence-electron chi connectivity index (χ3n) is 6.96. The van der Waals surface area contributed by atoms with Gasteiger partial charge in [0.2, 0.25) is 5.91 Å². The molecule has 36 heavy (non-hydrogen) atoms. The fraction of sp³-hybridized carbons (Fsp3) is 0.379. The second-order valence-corrected chi connectivity index (χ2v) is 9.77. The Bertz CT molecular complexity index is 1190. The maximum absolute atomic E-state index is 13.7. The van der Waals surface area contributed by atoms with Crippen LogP contribution in [0.2, 0.25) is 5.02 Å². The average Bonchev–Trinajstić information content (AvgIpc) is 3.33. The van der Waals surface area contributed by atoms with Gasteiger partial charge in [0, 0.05) is 41.6 Å². The van der Waals surface area contributed by atoms with E-state index in [1.807, 2.05) is 54.4 Å². The standard InChI is InChI=1S/C29H33ClFN3O2/c1-2-32(29(36)22-11-8-12-24(31)18-22)21-28(35)34(25-13-4-3-5-14-25)20-26-15-9-17-33(26)19-23-10-6-7-16-27(23)30/h6-12,15-18,25H,2-5,13-14,19-21H2,1H3. The highest BCUT2D eigenvalue weighted by Gasteiger charge is 2.29. The van der Waals surface area contributed by atoms with Crippen LogP contribution in [0.1, 0.15) is 60.6 Å². The van der Waals surface area contributed by atoms with Crippen LogP contribution in [0, 0.1) is 5.82 Å². The monoisotopic (exact) mass is 509 g/mol. The second kappa shape index (κ2) is 12.2. The molecule has 0 bridgehead atoms. The van der Waals surface area contributed by atoms with E-state index in [1.165, 1.54) is 29.5 Å². The molecule has 1 aromatic heterocycles. The van der Waals surface area contributed by atoms with E-state index in [1.54, 1.807) is 6.07 Å². The van der Waals surface area contributed by atoms with E-state index in [-0.39, 0.29) is 30.0 Å². The Morgan fingerprint density at radius 1 is 1.03 bits per heavy atom. The topological polar surface area (TPSA) is 45.6 Å². The van der Waals surface area contributed by atoms with Gasteiger partial charge in [0.15, 0.2) is 0 Å². The van der Waals surface area contributed by atoms with E-state index in [2.05, 4.69) is 4.57 Å². The van der Waals surface area contributed by atoms with Crippen molar-refractivity contribution in [3.63, 3.8) is 0 Å². The smallest absolute Gasteiger partial charge is 0.254 e. The molecule has 0 radical (unpaired) electrons. The fourth-order valence-corrected chi connectivity index (χ4v) is 5.13. The number of amides is 2. The fourth-order valence-electron chi connectivity index (χ4n) is 4.93. The molecule has 1 aliphatic carbocycles. The quantitative estimate of drug-likeness (QED) is 0.347. The van der Waals surface area contributed by atoms with Crippen molar-refractivity contribution in [1.29, 1.82) is 0 Å². The van der Waals surface area contributed by atoms with Crippen LogP contribution in [0.5, 0.6) is 0 Å². The number of carbonyl (C=O) groups is 2. The molecule has 0 saturated heterocycles. The van der Waals surface area contributed by atoms with E-state index in [4.69, 9.17) is 11.6 Å². The summed E-state index contributed by atoms with van der Waals surface area (Å²) in [5.41, 5.74) is 2.29. The van der Waals surface area contributed by atoms with Crippen LogP contribution in [0.15, 0.2) is 66.9 Å². The van der Waals surface area contributed by atoms with Gasteiger partial charge in [-0.15, -0.1) is 0 Å². The highest BCUT2D eigenvalue weighted by atomic mass is 35.5. The van der Waals surface area contributed by atoms with Gasteiger partial charge >= 0.3 is 0 Å². The molecule has 0 unspecified atom stereocenters. The number of likely N-dealkylation sites (N-methyl/N-ethyl adjacent to an activating group) is 1. The molecule has 7 heteroatoms. The first-order valence-corrected chi connectivity index (χ1v) is 13.1. The van der Waals surface area contributed by atoms with Crippen molar-refractivity contribution in [3.05, 3.63) is 94.5 Å². The zero-order chi connectivity index (χ0) is 25.5. The number of rotatable bonds is 9. The molecule has 0 N–H and O–H groups in total. The summed E-state index contributed by atoms with van der Waals surface area (Å²) in [4.78, 5) is 30.2. The van der Waals surface area contributed by atoms with Crippen molar-refractivity contribution in [2.24, 2.45) is 0 Å². The van der Waals surface area contributed by atoms with Crippen molar-refractivity contribution in [2.45, 2.75) is 58.2 Å². The van der Waals surface area contributed by atoms with Crippen LogP contribution in [-0.2, 0) is 17.9 Å². The van der Waals surface area contributed by atoms with Crippen molar-refractivity contribution in [3.8, 4) is 0 Å². The van der Waals surface area contributed by atoms with Gasteiger partial charge in [0.05, 0.1) is 6.54 Å². The number of hydrogen-bond donors (Lipinski definition) is 0. The third kappa shape index (κ3) is 6.35. The summed E-state index contributed by atoms with van der Waals surface area (Å²) in [5, 5.41) is 0.715. The lowest BCUT2D eigenvalue weighted by Gasteiger charge is -2.36. The molecule has 190 valence electrons. The minimum Gasteiger partial charge on any atom is -0.345 e. The summed E-state index contributed by atoms with van der Waals surface area (Å²) >= 11 is 6.40. The van der Waals surface area contributed by atoms with Gasteiger partial charge in [-0.1, -0.05) is 55.1 Å². The summed E-state index contributed by atoms with van der Waals surface area (Å²) in [6.07, 6.45) is 7.29. The maximum atomic E-state index is 13.7. The number of carbonyl (C=O) groups excluding carboxylic acids is 2. The van der Waals surface area contributed by atoms with E-state index in [0.717, 1.165) is 36.9 Å². The summed E-state index contributed by atoms with van der Waals surface area (Å²) < 4.78 is 15.8. The molecule has 1 fully saturated rings. The van der Waals surface area contributed by atoms with E-state index in [9.17, 15) is 14.0 Å². The predicted octanol–water partition coefficient (Wildman–Crippen LogP) is 6.15. The Balaban J connectivity index is 1.53.